The topological polar surface area (TPSA) is 75.2 Å². The highest BCUT2D eigenvalue weighted by molar-refractivity contribution is 5.88. The second-order valence-corrected chi connectivity index (χ2v) is 4.43. The second-order valence-electron chi connectivity index (χ2n) is 4.43. The normalized spacial score (nSPS) is 31.1. The van der Waals surface area contributed by atoms with E-state index in [0.29, 0.717) is 12.5 Å². The van der Waals surface area contributed by atoms with Gasteiger partial charge in [0.25, 0.3) is 0 Å². The van der Waals surface area contributed by atoms with Gasteiger partial charge in [0.05, 0.1) is 6.61 Å². The lowest BCUT2D eigenvalue weighted by molar-refractivity contribution is 0.0689. The number of hydrogen-bond acceptors (Lipinski definition) is 3. The highest BCUT2D eigenvalue weighted by atomic mass is 16.5. The van der Waals surface area contributed by atoms with Gasteiger partial charge in [0.15, 0.2) is 5.69 Å². The van der Waals surface area contributed by atoms with Crippen LogP contribution in [-0.4, -0.2) is 35.0 Å². The summed E-state index contributed by atoms with van der Waals surface area (Å²) in [6.07, 6.45) is 1.92. The largest absolute Gasteiger partial charge is 0.476 e. The quantitative estimate of drug-likeness (QED) is 0.761. The lowest BCUT2D eigenvalue weighted by Gasteiger charge is -2.09. The first-order valence-corrected chi connectivity index (χ1v) is 4.99. The number of aromatic carboxylic acids is 1. The van der Waals surface area contributed by atoms with Crippen molar-refractivity contribution in [3.63, 3.8) is 0 Å². The first-order valence-electron chi connectivity index (χ1n) is 4.99. The van der Waals surface area contributed by atoms with Crippen molar-refractivity contribution in [2.75, 3.05) is 13.7 Å². The molecule has 2 aliphatic carbocycles. The molecule has 80 valence electrons. The van der Waals surface area contributed by atoms with Gasteiger partial charge in [0.2, 0.25) is 0 Å². The van der Waals surface area contributed by atoms with Crippen LogP contribution in [0, 0.1) is 5.92 Å². The Morgan fingerprint density at radius 1 is 1.80 bits per heavy atom. The van der Waals surface area contributed by atoms with Crippen molar-refractivity contribution >= 4 is 5.97 Å². The smallest absolute Gasteiger partial charge is 0.356 e. The predicted molar refractivity (Wildman–Crippen MR) is 50.9 cm³/mol. The van der Waals surface area contributed by atoms with E-state index in [1.54, 1.807) is 7.11 Å². The third-order valence-electron chi connectivity index (χ3n) is 3.65. The number of nitrogens with zero attached hydrogens (tertiary/aromatic N) is 1. The molecule has 0 radical (unpaired) electrons. The van der Waals surface area contributed by atoms with Crippen molar-refractivity contribution in [3.05, 3.63) is 17.0 Å². The third kappa shape index (κ3) is 0.958. The maximum Gasteiger partial charge on any atom is 0.356 e. The number of fused-ring (bicyclic) bond motifs is 3. The van der Waals surface area contributed by atoms with Gasteiger partial charge in [-0.3, -0.25) is 5.10 Å². The minimum Gasteiger partial charge on any atom is -0.476 e. The van der Waals surface area contributed by atoms with Crippen LogP contribution >= 0.6 is 0 Å². The van der Waals surface area contributed by atoms with Gasteiger partial charge in [-0.05, 0) is 18.8 Å². The Kier molecular flexibility index (Phi) is 1.55. The van der Waals surface area contributed by atoms with Gasteiger partial charge in [-0.1, -0.05) is 0 Å². The Bertz CT molecular complexity index is 440. The number of methoxy groups -OCH3 is 1. The zero-order valence-electron chi connectivity index (χ0n) is 8.41. The van der Waals surface area contributed by atoms with Crippen LogP contribution in [0.25, 0.3) is 0 Å². The van der Waals surface area contributed by atoms with Crippen LogP contribution < -0.4 is 0 Å². The van der Waals surface area contributed by atoms with E-state index >= 15 is 0 Å². The van der Waals surface area contributed by atoms with Crippen LogP contribution in [0.5, 0.6) is 0 Å². The summed E-state index contributed by atoms with van der Waals surface area (Å²) in [5.41, 5.74) is 2.11. The minimum atomic E-state index is -0.943. The summed E-state index contributed by atoms with van der Waals surface area (Å²) in [5, 5.41) is 15.7. The van der Waals surface area contributed by atoms with Gasteiger partial charge in [0, 0.05) is 23.8 Å². The van der Waals surface area contributed by atoms with Crippen molar-refractivity contribution in [1.29, 1.82) is 0 Å². The Morgan fingerprint density at radius 2 is 2.60 bits per heavy atom. The molecule has 0 saturated heterocycles. The molecule has 2 atom stereocenters. The van der Waals surface area contributed by atoms with E-state index in [1.807, 2.05) is 0 Å². The van der Waals surface area contributed by atoms with Crippen molar-refractivity contribution < 1.29 is 14.6 Å². The molecule has 15 heavy (non-hydrogen) atoms. The minimum absolute atomic E-state index is 0.0464. The highest BCUT2D eigenvalue weighted by Crippen LogP contribution is 2.61. The first-order chi connectivity index (χ1) is 7.19. The van der Waals surface area contributed by atoms with Crippen LogP contribution in [0.3, 0.4) is 0 Å². The number of carbonyl (C=O) groups is 1. The number of ether oxygens (including phenoxy) is 1. The van der Waals surface area contributed by atoms with Gasteiger partial charge in [0.1, 0.15) is 0 Å². The Labute approximate surface area is 86.4 Å². The van der Waals surface area contributed by atoms with Crippen molar-refractivity contribution in [2.45, 2.75) is 18.3 Å². The summed E-state index contributed by atoms with van der Waals surface area (Å²) in [7, 11) is 1.68. The molecule has 1 heterocycles. The molecule has 0 spiro atoms. The third-order valence-corrected chi connectivity index (χ3v) is 3.65. The summed E-state index contributed by atoms with van der Waals surface area (Å²) in [4.78, 5) is 10.9. The van der Waals surface area contributed by atoms with Crippen LogP contribution in [0.1, 0.15) is 28.2 Å². The number of carboxylic acids is 1. The molecule has 2 unspecified atom stereocenters. The molecule has 0 bridgehead atoms. The Hall–Kier alpha value is -1.36. The standard InChI is InChI=1S/C10H12N2O3/c1-15-4-10-3-5(10)2-6-7(9(13)14)11-12-8(6)10/h5H,2-4H2,1H3,(H,11,12)(H,13,14). The molecule has 0 aromatic carbocycles. The van der Waals surface area contributed by atoms with Crippen molar-refractivity contribution in [3.8, 4) is 0 Å². The van der Waals surface area contributed by atoms with Crippen LogP contribution in [0.4, 0.5) is 0 Å². The van der Waals surface area contributed by atoms with Gasteiger partial charge >= 0.3 is 5.97 Å². The van der Waals surface area contributed by atoms with E-state index in [4.69, 9.17) is 9.84 Å². The molecular formula is C10H12N2O3. The fraction of sp³-hybridized carbons (Fsp3) is 0.600. The lowest BCUT2D eigenvalue weighted by Crippen LogP contribution is -2.15. The second kappa shape index (κ2) is 2.61. The number of H-pyrrole nitrogens is 1. The van der Waals surface area contributed by atoms with E-state index in [0.717, 1.165) is 24.1 Å². The molecule has 0 aliphatic heterocycles. The summed E-state index contributed by atoms with van der Waals surface area (Å²) < 4.78 is 5.20. The van der Waals surface area contributed by atoms with Gasteiger partial charge in [-0.25, -0.2) is 4.79 Å². The molecular weight excluding hydrogens is 196 g/mol. The molecule has 1 fully saturated rings. The number of carboxylic acid groups (broad SMARTS) is 1. The summed E-state index contributed by atoms with van der Waals surface area (Å²) in [6, 6.07) is 0. The molecule has 5 heteroatoms. The fourth-order valence-electron chi connectivity index (χ4n) is 2.86. The number of hydrogen-bond donors (Lipinski definition) is 2. The van der Waals surface area contributed by atoms with Gasteiger partial charge in [-0.2, -0.15) is 5.10 Å². The lowest BCUT2D eigenvalue weighted by atomic mass is 10.0. The predicted octanol–water partition coefficient (Wildman–Crippen LogP) is 0.568. The molecule has 1 aromatic rings. The number of rotatable bonds is 3. The van der Waals surface area contributed by atoms with Crippen LogP contribution in [0.2, 0.25) is 0 Å². The van der Waals surface area contributed by atoms with Crippen LogP contribution in [-0.2, 0) is 16.6 Å². The molecule has 3 rings (SSSR count). The average Bonchev–Trinajstić information content (AvgIpc) is 2.57. The summed E-state index contributed by atoms with van der Waals surface area (Å²) >= 11 is 0. The van der Waals surface area contributed by atoms with E-state index in [2.05, 4.69) is 10.2 Å². The Balaban J connectivity index is 2.03. The number of aromatic amines is 1. The first kappa shape index (κ1) is 8.91. The maximum atomic E-state index is 10.9. The monoisotopic (exact) mass is 208 g/mol. The van der Waals surface area contributed by atoms with E-state index in [-0.39, 0.29) is 11.1 Å². The molecule has 2 N–H and O–H groups in total. The molecule has 0 amide bonds. The van der Waals surface area contributed by atoms with E-state index < -0.39 is 5.97 Å². The van der Waals surface area contributed by atoms with Gasteiger partial charge in [-0.15, -0.1) is 0 Å². The zero-order chi connectivity index (χ0) is 10.6. The molecule has 1 aromatic heterocycles. The fourth-order valence-corrected chi connectivity index (χ4v) is 2.86. The molecule has 1 saturated carbocycles. The summed E-state index contributed by atoms with van der Waals surface area (Å²) in [5.74, 6) is -0.388. The highest BCUT2D eigenvalue weighted by Gasteiger charge is 2.62. The average molecular weight is 208 g/mol. The molecule has 5 nitrogen and oxygen atoms in total. The van der Waals surface area contributed by atoms with E-state index in [9.17, 15) is 4.79 Å². The number of nitrogens with one attached hydrogen (secondary N) is 1. The summed E-state index contributed by atoms with van der Waals surface area (Å²) in [6.45, 7) is 0.659. The van der Waals surface area contributed by atoms with Crippen molar-refractivity contribution in [2.24, 2.45) is 5.92 Å². The SMILES string of the molecule is COCC12CC1Cc1c(C(=O)O)n[nH]c12. The van der Waals surface area contributed by atoms with Crippen molar-refractivity contribution in [1.82, 2.24) is 10.2 Å². The Morgan fingerprint density at radius 3 is 3.27 bits per heavy atom. The van der Waals surface area contributed by atoms with E-state index in [1.165, 1.54) is 0 Å². The number of aromatic nitrogens is 2. The van der Waals surface area contributed by atoms with Crippen LogP contribution in [0.15, 0.2) is 0 Å². The maximum absolute atomic E-state index is 10.9. The zero-order valence-corrected chi connectivity index (χ0v) is 8.41. The molecule has 2 aliphatic rings. The van der Waals surface area contributed by atoms with Gasteiger partial charge < -0.3 is 9.84 Å².